The number of carboxylic acid groups (broad SMARTS) is 2. The second-order valence-corrected chi connectivity index (χ2v) is 8.82. The van der Waals surface area contributed by atoms with Crippen LogP contribution >= 0.6 is 0 Å². The molecule has 0 aliphatic heterocycles. The van der Waals surface area contributed by atoms with Gasteiger partial charge in [-0.2, -0.15) is 0 Å². The number of nitrogens with two attached hydrogens (primary N) is 2. The van der Waals surface area contributed by atoms with Gasteiger partial charge in [0.15, 0.2) is 0 Å². The van der Waals surface area contributed by atoms with E-state index in [0.717, 1.165) is 16.8 Å². The van der Waals surface area contributed by atoms with E-state index in [2.05, 4.69) is 15.1 Å². The van der Waals surface area contributed by atoms with Gasteiger partial charge in [0.05, 0.1) is 18.0 Å². The van der Waals surface area contributed by atoms with Gasteiger partial charge in [-0.1, -0.05) is 34.6 Å². The first-order valence-corrected chi connectivity index (χ1v) is 12.7. The minimum Gasteiger partial charge on any atom is -0.488 e. The number of carboxylic acids is 2. The summed E-state index contributed by atoms with van der Waals surface area (Å²) < 4.78 is 15.8. The van der Waals surface area contributed by atoms with Crippen molar-refractivity contribution in [2.45, 2.75) is 38.8 Å². The number of ether oxygens (including phenoxy) is 3. The molecule has 0 aliphatic rings. The van der Waals surface area contributed by atoms with E-state index in [1.807, 2.05) is 0 Å². The fraction of sp³-hybridized carbons (Fsp3) is 0.429. The van der Waals surface area contributed by atoms with Gasteiger partial charge in [-0.15, -0.1) is 0 Å². The predicted octanol–water partition coefficient (Wildman–Crippen LogP) is 2.10. The van der Waals surface area contributed by atoms with Crippen LogP contribution in [-0.4, -0.2) is 86.3 Å². The normalized spacial score (nSPS) is 12.8. The molecule has 226 valence electrons. The van der Waals surface area contributed by atoms with E-state index in [1.54, 1.807) is 69.5 Å². The molecule has 6 N–H and O–H groups in total. The number of oxime groups is 2. The maximum absolute atomic E-state index is 10.7. The molecule has 0 aliphatic carbocycles. The van der Waals surface area contributed by atoms with Gasteiger partial charge in [0.2, 0.25) is 0 Å². The maximum atomic E-state index is 10.7. The standard InChI is InChI=1S/C15H22N2O5.C13H18N2O4/c1-11(17-22-8-7-20-2)10-21-13-5-3-12(4-6-13)9-14(16)15(18)19;1-9(15-18-2)8-19-11-5-3-10(4-6-11)7-12(14)13(16)17/h3-6,14H,7-10,16H2,1-2H3,(H,18,19);3-6,12H,7-8,14H2,1-2H3,(H,16,17)/b17-11+;15-9+. The van der Waals surface area contributed by atoms with Gasteiger partial charge in [-0.25, -0.2) is 0 Å². The van der Waals surface area contributed by atoms with E-state index in [1.165, 1.54) is 7.11 Å². The first kappa shape index (κ1) is 34.8. The molecule has 2 aromatic rings. The molecule has 13 nitrogen and oxygen atoms in total. The lowest BCUT2D eigenvalue weighted by Crippen LogP contribution is -2.32. The van der Waals surface area contributed by atoms with Crippen molar-refractivity contribution < 1.29 is 43.7 Å². The third kappa shape index (κ3) is 15.8. The highest BCUT2D eigenvalue weighted by atomic mass is 16.6. The molecule has 0 spiro atoms. The summed E-state index contributed by atoms with van der Waals surface area (Å²) in [5.74, 6) is -0.676. The predicted molar refractivity (Wildman–Crippen MR) is 154 cm³/mol. The number of aliphatic carboxylic acids is 2. The summed E-state index contributed by atoms with van der Waals surface area (Å²) >= 11 is 0. The summed E-state index contributed by atoms with van der Waals surface area (Å²) in [5.41, 5.74) is 14.1. The van der Waals surface area contributed by atoms with Gasteiger partial charge in [0, 0.05) is 7.11 Å². The molecular formula is C28H40N4O9. The molecule has 0 fully saturated rings. The Kier molecular flexibility index (Phi) is 16.8. The van der Waals surface area contributed by atoms with Crippen molar-refractivity contribution >= 4 is 23.4 Å². The van der Waals surface area contributed by atoms with Gasteiger partial charge < -0.3 is 45.6 Å². The van der Waals surface area contributed by atoms with Gasteiger partial charge in [-0.3, -0.25) is 9.59 Å². The van der Waals surface area contributed by atoms with E-state index in [0.29, 0.717) is 50.1 Å². The zero-order chi connectivity index (χ0) is 30.6. The lowest BCUT2D eigenvalue weighted by molar-refractivity contribution is -0.139. The smallest absolute Gasteiger partial charge is 0.320 e. The van der Waals surface area contributed by atoms with Crippen molar-refractivity contribution in [2.24, 2.45) is 21.8 Å². The van der Waals surface area contributed by atoms with Gasteiger partial charge >= 0.3 is 11.9 Å². The lowest BCUT2D eigenvalue weighted by Gasteiger charge is -2.09. The molecular weight excluding hydrogens is 536 g/mol. The Labute approximate surface area is 239 Å². The zero-order valence-corrected chi connectivity index (χ0v) is 23.8. The molecule has 2 atom stereocenters. The molecule has 41 heavy (non-hydrogen) atoms. The summed E-state index contributed by atoms with van der Waals surface area (Å²) in [5, 5.41) is 25.1. The average molecular weight is 577 g/mol. The number of rotatable bonds is 17. The summed E-state index contributed by atoms with van der Waals surface area (Å²) in [4.78, 5) is 31.0. The summed E-state index contributed by atoms with van der Waals surface area (Å²) in [6.07, 6.45) is 0.573. The van der Waals surface area contributed by atoms with Crippen LogP contribution in [0.15, 0.2) is 58.8 Å². The van der Waals surface area contributed by atoms with Crippen LogP contribution in [0.3, 0.4) is 0 Å². The van der Waals surface area contributed by atoms with E-state index >= 15 is 0 Å². The Bertz CT molecular complexity index is 1110. The number of benzene rings is 2. The molecule has 2 unspecified atom stereocenters. The zero-order valence-electron chi connectivity index (χ0n) is 23.8. The Morgan fingerprint density at radius 3 is 1.51 bits per heavy atom. The Morgan fingerprint density at radius 1 is 0.732 bits per heavy atom. The quantitative estimate of drug-likeness (QED) is 0.122. The van der Waals surface area contributed by atoms with Crippen molar-refractivity contribution in [3.05, 3.63) is 59.7 Å². The van der Waals surface area contributed by atoms with Crippen molar-refractivity contribution in [2.75, 3.05) is 40.6 Å². The number of hydrogen-bond donors (Lipinski definition) is 4. The Hall–Kier alpha value is -4.20. The molecule has 2 aromatic carbocycles. The Morgan fingerprint density at radius 2 is 1.15 bits per heavy atom. The molecule has 0 bridgehead atoms. The van der Waals surface area contributed by atoms with Gasteiger partial charge in [0.25, 0.3) is 0 Å². The van der Waals surface area contributed by atoms with Crippen LogP contribution in [0.25, 0.3) is 0 Å². The average Bonchev–Trinajstić information content (AvgIpc) is 2.95. The second kappa shape index (κ2) is 19.8. The van der Waals surface area contributed by atoms with Crippen molar-refractivity contribution in [1.29, 1.82) is 0 Å². The van der Waals surface area contributed by atoms with Crippen LogP contribution in [0, 0.1) is 0 Å². The minimum atomic E-state index is -1.01. The van der Waals surface area contributed by atoms with Crippen molar-refractivity contribution in [3.8, 4) is 11.5 Å². The summed E-state index contributed by atoms with van der Waals surface area (Å²) in [6, 6.07) is 12.5. The van der Waals surface area contributed by atoms with Crippen LogP contribution in [0.1, 0.15) is 25.0 Å². The molecule has 0 radical (unpaired) electrons. The molecule has 0 saturated heterocycles. The largest absolute Gasteiger partial charge is 0.488 e. The number of methoxy groups -OCH3 is 1. The Balaban J connectivity index is 0.000000414. The SMILES string of the molecule is CO/N=C(\C)COc1ccc(CC(N)C(=O)O)cc1.COCCO/N=C(\C)COc1ccc(CC(N)C(=O)O)cc1. The van der Waals surface area contributed by atoms with Crippen molar-refractivity contribution in [3.63, 3.8) is 0 Å². The van der Waals surface area contributed by atoms with Crippen LogP contribution < -0.4 is 20.9 Å². The number of hydrogen-bond acceptors (Lipinski definition) is 11. The van der Waals surface area contributed by atoms with Gasteiger partial charge in [-0.05, 0) is 62.1 Å². The molecule has 0 amide bonds. The molecule has 2 rings (SSSR count). The summed E-state index contributed by atoms with van der Waals surface area (Å²) in [7, 11) is 3.07. The molecule has 0 saturated carbocycles. The fourth-order valence-electron chi connectivity index (χ4n) is 2.99. The van der Waals surface area contributed by atoms with Crippen molar-refractivity contribution in [1.82, 2.24) is 0 Å². The highest BCUT2D eigenvalue weighted by Crippen LogP contribution is 2.14. The molecule has 0 heterocycles. The highest BCUT2D eigenvalue weighted by Gasteiger charge is 2.12. The fourth-order valence-corrected chi connectivity index (χ4v) is 2.99. The lowest BCUT2D eigenvalue weighted by atomic mass is 10.1. The highest BCUT2D eigenvalue weighted by molar-refractivity contribution is 5.83. The third-order valence-corrected chi connectivity index (χ3v) is 5.13. The third-order valence-electron chi connectivity index (χ3n) is 5.13. The minimum absolute atomic E-state index is 0.281. The maximum Gasteiger partial charge on any atom is 0.320 e. The second-order valence-electron chi connectivity index (χ2n) is 8.82. The van der Waals surface area contributed by atoms with Crippen LogP contribution in [-0.2, 0) is 36.8 Å². The topological polar surface area (TPSA) is 198 Å². The van der Waals surface area contributed by atoms with E-state index < -0.39 is 24.0 Å². The van der Waals surface area contributed by atoms with E-state index in [-0.39, 0.29) is 6.42 Å². The number of nitrogens with zero attached hydrogens (tertiary/aromatic N) is 2. The molecule has 13 heteroatoms. The monoisotopic (exact) mass is 576 g/mol. The number of carbonyl (C=O) groups is 2. The van der Waals surface area contributed by atoms with Gasteiger partial charge in [0.1, 0.15) is 50.5 Å². The van der Waals surface area contributed by atoms with Crippen LogP contribution in [0.2, 0.25) is 0 Å². The van der Waals surface area contributed by atoms with E-state index in [4.69, 9.17) is 40.7 Å². The first-order valence-electron chi connectivity index (χ1n) is 12.7. The van der Waals surface area contributed by atoms with Crippen LogP contribution in [0.5, 0.6) is 11.5 Å². The summed E-state index contributed by atoms with van der Waals surface area (Å²) in [6.45, 7) is 5.11. The van der Waals surface area contributed by atoms with Crippen LogP contribution in [0.4, 0.5) is 0 Å². The first-order chi connectivity index (χ1) is 19.5. The molecule has 0 aromatic heterocycles. The van der Waals surface area contributed by atoms with E-state index in [9.17, 15) is 9.59 Å².